The van der Waals surface area contributed by atoms with Crippen molar-refractivity contribution in [1.82, 2.24) is 15.0 Å². The minimum absolute atomic E-state index is 0.283. The lowest BCUT2D eigenvalue weighted by Gasteiger charge is -2.09. The second-order valence-electron chi connectivity index (χ2n) is 3.81. The Balaban J connectivity index is 1.92. The summed E-state index contributed by atoms with van der Waals surface area (Å²) in [4.78, 5) is 10.5. The number of rotatable bonds is 3. The highest BCUT2D eigenvalue weighted by Crippen LogP contribution is 2.35. The van der Waals surface area contributed by atoms with E-state index in [1.54, 1.807) is 6.20 Å². The molecule has 0 spiro atoms. The topological polar surface area (TPSA) is 68.0 Å². The van der Waals surface area contributed by atoms with Crippen molar-refractivity contribution in [2.24, 2.45) is 5.92 Å². The summed E-state index contributed by atoms with van der Waals surface area (Å²) in [6, 6.07) is 0.349. The molecule has 1 aliphatic carbocycles. The molecule has 1 heterocycles. The molecule has 0 saturated heterocycles. The molecule has 5 nitrogen and oxygen atoms in total. The smallest absolute Gasteiger partial charge is 0.303 e. The number of carboxylic acid groups (broad SMARTS) is 1. The first-order valence-electron chi connectivity index (χ1n) is 4.83. The van der Waals surface area contributed by atoms with Gasteiger partial charge in [0.25, 0.3) is 0 Å². The summed E-state index contributed by atoms with van der Waals surface area (Å²) >= 11 is 0. The highest BCUT2D eigenvalue weighted by atomic mass is 16.4. The molecule has 2 unspecified atom stereocenters. The number of carbonyl (C=O) groups is 1. The van der Waals surface area contributed by atoms with Gasteiger partial charge in [0.05, 0.1) is 12.2 Å². The van der Waals surface area contributed by atoms with Gasteiger partial charge >= 0.3 is 5.97 Å². The van der Waals surface area contributed by atoms with E-state index < -0.39 is 5.97 Å². The van der Waals surface area contributed by atoms with E-state index in [-0.39, 0.29) is 6.42 Å². The first-order valence-corrected chi connectivity index (χ1v) is 4.83. The predicted octanol–water partition coefficient (Wildman–Crippen LogP) is 1.09. The standard InChI is InChI=1S/C9H13N3O2/c13-9(14)6-7-1-2-8(5-7)12-4-3-10-11-12/h3-4,7-8H,1-2,5-6H2,(H,13,14). The van der Waals surface area contributed by atoms with E-state index >= 15 is 0 Å². The fourth-order valence-electron chi connectivity index (χ4n) is 2.13. The fraction of sp³-hybridized carbons (Fsp3) is 0.667. The summed E-state index contributed by atoms with van der Waals surface area (Å²) in [6.45, 7) is 0. The number of hydrogen-bond donors (Lipinski definition) is 1. The van der Waals surface area contributed by atoms with Crippen molar-refractivity contribution >= 4 is 5.97 Å². The summed E-state index contributed by atoms with van der Waals surface area (Å²) in [5, 5.41) is 16.3. The lowest BCUT2D eigenvalue weighted by molar-refractivity contribution is -0.138. The van der Waals surface area contributed by atoms with Gasteiger partial charge in [0.2, 0.25) is 0 Å². The normalized spacial score (nSPS) is 26.6. The van der Waals surface area contributed by atoms with Crippen LogP contribution in [0.4, 0.5) is 0 Å². The zero-order valence-electron chi connectivity index (χ0n) is 7.83. The van der Waals surface area contributed by atoms with Crippen LogP contribution in [0.3, 0.4) is 0 Å². The van der Waals surface area contributed by atoms with Crippen LogP contribution < -0.4 is 0 Å². The first kappa shape index (κ1) is 9.18. The molecule has 0 aromatic carbocycles. The molecular weight excluding hydrogens is 182 g/mol. The summed E-state index contributed by atoms with van der Waals surface area (Å²) in [5.41, 5.74) is 0. The van der Waals surface area contributed by atoms with Gasteiger partial charge in [-0.05, 0) is 25.2 Å². The van der Waals surface area contributed by atoms with E-state index in [9.17, 15) is 4.79 Å². The molecule has 1 aromatic heterocycles. The van der Waals surface area contributed by atoms with Gasteiger partial charge in [-0.15, -0.1) is 5.10 Å². The van der Waals surface area contributed by atoms with Crippen LogP contribution in [-0.2, 0) is 4.79 Å². The Morgan fingerprint density at radius 1 is 1.57 bits per heavy atom. The summed E-state index contributed by atoms with van der Waals surface area (Å²) in [7, 11) is 0. The summed E-state index contributed by atoms with van der Waals surface area (Å²) < 4.78 is 1.84. The van der Waals surface area contributed by atoms with Crippen molar-refractivity contribution in [2.75, 3.05) is 0 Å². The van der Waals surface area contributed by atoms with Gasteiger partial charge in [-0.2, -0.15) is 0 Å². The number of nitrogens with zero attached hydrogens (tertiary/aromatic N) is 3. The number of aromatic nitrogens is 3. The fourth-order valence-corrected chi connectivity index (χ4v) is 2.13. The molecule has 1 N–H and O–H groups in total. The van der Waals surface area contributed by atoms with Crippen LogP contribution in [0, 0.1) is 5.92 Å². The maximum Gasteiger partial charge on any atom is 0.303 e. The minimum Gasteiger partial charge on any atom is -0.481 e. The van der Waals surface area contributed by atoms with Crippen LogP contribution in [0.2, 0.25) is 0 Å². The van der Waals surface area contributed by atoms with Crippen LogP contribution in [0.1, 0.15) is 31.7 Å². The van der Waals surface area contributed by atoms with E-state index in [0.29, 0.717) is 12.0 Å². The third-order valence-electron chi connectivity index (χ3n) is 2.79. The Labute approximate surface area is 81.7 Å². The van der Waals surface area contributed by atoms with Gasteiger partial charge in [0.15, 0.2) is 0 Å². The molecule has 1 fully saturated rings. The van der Waals surface area contributed by atoms with Gasteiger partial charge in [-0.3, -0.25) is 4.79 Å². The molecule has 0 aliphatic heterocycles. The molecule has 1 aromatic rings. The van der Waals surface area contributed by atoms with Crippen LogP contribution in [0.15, 0.2) is 12.4 Å². The Morgan fingerprint density at radius 3 is 3.07 bits per heavy atom. The summed E-state index contributed by atoms with van der Waals surface area (Å²) in [6.07, 6.45) is 6.69. The molecule has 1 aliphatic rings. The molecule has 0 bridgehead atoms. The van der Waals surface area contributed by atoms with E-state index in [1.807, 2.05) is 10.9 Å². The lowest BCUT2D eigenvalue weighted by Crippen LogP contribution is -2.08. The number of aliphatic carboxylic acids is 1. The molecule has 2 atom stereocenters. The molecule has 5 heteroatoms. The van der Waals surface area contributed by atoms with E-state index in [0.717, 1.165) is 19.3 Å². The third-order valence-corrected chi connectivity index (χ3v) is 2.79. The maximum atomic E-state index is 10.5. The van der Waals surface area contributed by atoms with Crippen molar-refractivity contribution in [3.05, 3.63) is 12.4 Å². The highest BCUT2D eigenvalue weighted by Gasteiger charge is 2.27. The van der Waals surface area contributed by atoms with Gasteiger partial charge < -0.3 is 5.11 Å². The monoisotopic (exact) mass is 195 g/mol. The highest BCUT2D eigenvalue weighted by molar-refractivity contribution is 5.67. The molecule has 2 rings (SSSR count). The zero-order valence-corrected chi connectivity index (χ0v) is 7.83. The molecule has 1 saturated carbocycles. The zero-order chi connectivity index (χ0) is 9.97. The Hall–Kier alpha value is -1.39. The Bertz CT molecular complexity index is 310. The van der Waals surface area contributed by atoms with Crippen LogP contribution in [-0.4, -0.2) is 26.1 Å². The number of carboxylic acids is 1. The second kappa shape index (κ2) is 3.77. The maximum absolute atomic E-state index is 10.5. The van der Waals surface area contributed by atoms with Crippen molar-refractivity contribution in [3.63, 3.8) is 0 Å². The van der Waals surface area contributed by atoms with E-state index in [1.165, 1.54) is 0 Å². The molecule has 0 amide bonds. The van der Waals surface area contributed by atoms with Crippen molar-refractivity contribution in [2.45, 2.75) is 31.7 Å². The van der Waals surface area contributed by atoms with Crippen LogP contribution >= 0.6 is 0 Å². The molecule has 76 valence electrons. The van der Waals surface area contributed by atoms with Gasteiger partial charge in [0, 0.05) is 12.6 Å². The van der Waals surface area contributed by atoms with Gasteiger partial charge in [-0.25, -0.2) is 4.68 Å². The largest absolute Gasteiger partial charge is 0.481 e. The minimum atomic E-state index is -0.700. The quantitative estimate of drug-likeness (QED) is 0.784. The average Bonchev–Trinajstić information content (AvgIpc) is 2.69. The molecular formula is C9H13N3O2. The van der Waals surface area contributed by atoms with E-state index in [2.05, 4.69) is 10.3 Å². The van der Waals surface area contributed by atoms with Crippen LogP contribution in [0.25, 0.3) is 0 Å². The van der Waals surface area contributed by atoms with E-state index in [4.69, 9.17) is 5.11 Å². The Kier molecular flexibility index (Phi) is 2.47. The van der Waals surface area contributed by atoms with Crippen LogP contribution in [0.5, 0.6) is 0 Å². The summed E-state index contributed by atoms with van der Waals surface area (Å²) in [5.74, 6) is -0.393. The lowest BCUT2D eigenvalue weighted by atomic mass is 10.0. The third kappa shape index (κ3) is 1.92. The van der Waals surface area contributed by atoms with Gasteiger partial charge in [-0.1, -0.05) is 5.21 Å². The second-order valence-corrected chi connectivity index (χ2v) is 3.81. The first-order chi connectivity index (χ1) is 6.75. The SMILES string of the molecule is O=C(O)CC1CCC(n2ccnn2)C1. The van der Waals surface area contributed by atoms with Gasteiger partial charge in [0.1, 0.15) is 0 Å². The average molecular weight is 195 g/mol. The molecule has 0 radical (unpaired) electrons. The van der Waals surface area contributed by atoms with Crippen molar-refractivity contribution < 1.29 is 9.90 Å². The van der Waals surface area contributed by atoms with Crippen molar-refractivity contribution in [3.8, 4) is 0 Å². The Morgan fingerprint density at radius 2 is 2.43 bits per heavy atom. The predicted molar refractivity (Wildman–Crippen MR) is 48.7 cm³/mol. The number of hydrogen-bond acceptors (Lipinski definition) is 3. The van der Waals surface area contributed by atoms with Crippen molar-refractivity contribution in [1.29, 1.82) is 0 Å². The molecule has 14 heavy (non-hydrogen) atoms.